The van der Waals surface area contributed by atoms with Crippen LogP contribution in [0.15, 0.2) is 42.5 Å². The van der Waals surface area contributed by atoms with Crippen molar-refractivity contribution in [3.05, 3.63) is 59.2 Å². The van der Waals surface area contributed by atoms with Crippen LogP contribution < -0.4 is 10.2 Å². The first-order valence-electron chi connectivity index (χ1n) is 6.77. The molecule has 0 atom stereocenters. The second-order valence-corrected chi connectivity index (χ2v) is 4.86. The molecule has 0 radical (unpaired) electrons. The normalized spacial score (nSPS) is 10.4. The lowest BCUT2D eigenvalue weighted by atomic mass is 9.79. The average Bonchev–Trinajstić information content (AvgIpc) is 2.46. The van der Waals surface area contributed by atoms with Crippen molar-refractivity contribution in [3.63, 3.8) is 0 Å². The van der Waals surface area contributed by atoms with E-state index in [4.69, 9.17) is 14.8 Å². The summed E-state index contributed by atoms with van der Waals surface area (Å²) in [5, 5.41) is 18.2. The number of hydrogen-bond acceptors (Lipinski definition) is 3. The van der Waals surface area contributed by atoms with E-state index in [1.54, 1.807) is 18.2 Å². The lowest BCUT2D eigenvalue weighted by Crippen LogP contribution is -2.29. The summed E-state index contributed by atoms with van der Waals surface area (Å²) in [6.07, 6.45) is 1.03. The monoisotopic (exact) mass is 270 g/mol. The van der Waals surface area contributed by atoms with Gasteiger partial charge in [-0.05, 0) is 41.6 Å². The van der Waals surface area contributed by atoms with E-state index in [0.717, 1.165) is 23.3 Å². The van der Waals surface area contributed by atoms with Crippen LogP contribution in [0.25, 0.3) is 0 Å². The molecule has 2 N–H and O–H groups in total. The van der Waals surface area contributed by atoms with Crippen molar-refractivity contribution < 1.29 is 14.8 Å². The lowest BCUT2D eigenvalue weighted by Gasteiger charge is -2.11. The summed E-state index contributed by atoms with van der Waals surface area (Å²) in [6.45, 7) is 4.53. The molecule has 0 saturated carbocycles. The van der Waals surface area contributed by atoms with Gasteiger partial charge in [-0.3, -0.25) is 0 Å². The van der Waals surface area contributed by atoms with Gasteiger partial charge in [0.2, 0.25) is 0 Å². The molecule has 2 aromatic carbocycles. The van der Waals surface area contributed by atoms with Crippen LogP contribution in [-0.4, -0.2) is 17.2 Å². The summed E-state index contributed by atoms with van der Waals surface area (Å²) < 4.78 is 5.77. The van der Waals surface area contributed by atoms with Crippen molar-refractivity contribution in [2.24, 2.45) is 0 Å². The summed E-state index contributed by atoms with van der Waals surface area (Å²) in [4.78, 5) is 0. The summed E-state index contributed by atoms with van der Waals surface area (Å²) >= 11 is 0. The van der Waals surface area contributed by atoms with E-state index >= 15 is 0 Å². The first kappa shape index (κ1) is 14.6. The Kier molecular flexibility index (Phi) is 4.82. The fourth-order valence-corrected chi connectivity index (χ4v) is 2.03. The molecule has 104 valence electrons. The highest BCUT2D eigenvalue weighted by molar-refractivity contribution is 6.58. The topological polar surface area (TPSA) is 49.7 Å². The van der Waals surface area contributed by atoms with E-state index < -0.39 is 7.12 Å². The van der Waals surface area contributed by atoms with Gasteiger partial charge in [0.05, 0.1) is 0 Å². The molecule has 20 heavy (non-hydrogen) atoms. The van der Waals surface area contributed by atoms with Gasteiger partial charge in [0.15, 0.2) is 0 Å². The first-order valence-corrected chi connectivity index (χ1v) is 6.77. The fraction of sp³-hybridized carbons (Fsp3) is 0.250. The summed E-state index contributed by atoms with van der Waals surface area (Å²) in [6, 6.07) is 13.5. The van der Waals surface area contributed by atoms with Crippen molar-refractivity contribution >= 4 is 12.6 Å². The van der Waals surface area contributed by atoms with Crippen LogP contribution >= 0.6 is 0 Å². The third kappa shape index (κ3) is 3.62. The molecule has 4 heteroatoms. The Hall–Kier alpha value is -1.78. The molecule has 0 unspecified atom stereocenters. The van der Waals surface area contributed by atoms with Gasteiger partial charge < -0.3 is 14.8 Å². The van der Waals surface area contributed by atoms with Crippen LogP contribution in [0, 0.1) is 6.92 Å². The lowest BCUT2D eigenvalue weighted by molar-refractivity contribution is 0.304. The van der Waals surface area contributed by atoms with Gasteiger partial charge in [-0.25, -0.2) is 0 Å². The van der Waals surface area contributed by atoms with Gasteiger partial charge in [-0.15, -0.1) is 0 Å². The molecule has 0 heterocycles. The molecular formula is C16H19BO3. The minimum atomic E-state index is -1.44. The second-order valence-electron chi connectivity index (χ2n) is 4.86. The maximum absolute atomic E-state index is 9.11. The molecular weight excluding hydrogens is 251 g/mol. The number of benzene rings is 2. The predicted molar refractivity (Wildman–Crippen MR) is 81.2 cm³/mol. The Labute approximate surface area is 120 Å². The zero-order valence-corrected chi connectivity index (χ0v) is 11.8. The molecule has 0 saturated heterocycles. The van der Waals surface area contributed by atoms with Crippen LogP contribution in [0.2, 0.25) is 0 Å². The van der Waals surface area contributed by atoms with Crippen LogP contribution in [-0.2, 0) is 13.0 Å². The van der Waals surface area contributed by atoms with Crippen LogP contribution in [0.4, 0.5) is 0 Å². The highest BCUT2D eigenvalue weighted by Gasteiger charge is 2.12. The highest BCUT2D eigenvalue weighted by Crippen LogP contribution is 2.17. The Morgan fingerprint density at radius 2 is 1.65 bits per heavy atom. The minimum Gasteiger partial charge on any atom is -0.489 e. The fourth-order valence-electron chi connectivity index (χ4n) is 2.03. The third-order valence-corrected chi connectivity index (χ3v) is 3.32. The standard InChI is InChI=1S/C16H19BO3/c1-3-13-4-6-14(7-5-13)11-20-16-9-8-15(17(18)19)10-12(16)2/h4-10,18-19H,3,11H2,1-2H3. The van der Waals surface area contributed by atoms with Gasteiger partial charge in [0.25, 0.3) is 0 Å². The van der Waals surface area contributed by atoms with Gasteiger partial charge in [-0.1, -0.05) is 43.3 Å². The van der Waals surface area contributed by atoms with Crippen molar-refractivity contribution in [1.29, 1.82) is 0 Å². The number of aryl methyl sites for hydroxylation is 2. The molecule has 0 aliphatic rings. The maximum Gasteiger partial charge on any atom is 0.488 e. The Morgan fingerprint density at radius 1 is 1.00 bits per heavy atom. The molecule has 0 aliphatic carbocycles. The minimum absolute atomic E-state index is 0.474. The predicted octanol–water partition coefficient (Wildman–Crippen LogP) is 1.82. The Morgan fingerprint density at radius 3 is 2.20 bits per heavy atom. The number of rotatable bonds is 5. The molecule has 3 nitrogen and oxygen atoms in total. The van der Waals surface area contributed by atoms with Crippen molar-refractivity contribution in [2.45, 2.75) is 26.9 Å². The molecule has 0 aromatic heterocycles. The molecule has 0 spiro atoms. The van der Waals surface area contributed by atoms with E-state index in [-0.39, 0.29) is 0 Å². The number of hydrogen-bond donors (Lipinski definition) is 2. The van der Waals surface area contributed by atoms with Crippen molar-refractivity contribution in [1.82, 2.24) is 0 Å². The van der Waals surface area contributed by atoms with Crippen LogP contribution in [0.3, 0.4) is 0 Å². The van der Waals surface area contributed by atoms with E-state index in [1.165, 1.54) is 5.56 Å². The molecule has 0 bridgehead atoms. The summed E-state index contributed by atoms with van der Waals surface area (Å²) in [5.74, 6) is 0.758. The van der Waals surface area contributed by atoms with Crippen LogP contribution in [0.5, 0.6) is 5.75 Å². The van der Waals surface area contributed by atoms with E-state index in [0.29, 0.717) is 12.1 Å². The molecule has 2 aromatic rings. The average molecular weight is 270 g/mol. The quantitative estimate of drug-likeness (QED) is 0.815. The second kappa shape index (κ2) is 6.59. The smallest absolute Gasteiger partial charge is 0.488 e. The third-order valence-electron chi connectivity index (χ3n) is 3.32. The molecule has 2 rings (SSSR count). The summed E-state index contributed by atoms with van der Waals surface area (Å²) in [5.41, 5.74) is 3.79. The largest absolute Gasteiger partial charge is 0.489 e. The van der Waals surface area contributed by atoms with Gasteiger partial charge in [-0.2, -0.15) is 0 Å². The van der Waals surface area contributed by atoms with Gasteiger partial charge in [0.1, 0.15) is 12.4 Å². The SMILES string of the molecule is CCc1ccc(COc2ccc(B(O)O)cc2C)cc1. The molecule has 0 amide bonds. The Balaban J connectivity index is 2.03. The van der Waals surface area contributed by atoms with Crippen molar-refractivity contribution in [2.75, 3.05) is 0 Å². The maximum atomic E-state index is 9.11. The van der Waals surface area contributed by atoms with E-state index in [2.05, 4.69) is 31.2 Å². The summed E-state index contributed by atoms with van der Waals surface area (Å²) in [7, 11) is -1.44. The molecule has 0 fully saturated rings. The van der Waals surface area contributed by atoms with Crippen LogP contribution in [0.1, 0.15) is 23.6 Å². The Bertz CT molecular complexity index is 564. The zero-order chi connectivity index (χ0) is 14.5. The van der Waals surface area contributed by atoms with Gasteiger partial charge >= 0.3 is 7.12 Å². The van der Waals surface area contributed by atoms with Gasteiger partial charge in [0, 0.05) is 0 Å². The number of ether oxygens (including phenoxy) is 1. The first-order chi connectivity index (χ1) is 9.60. The highest BCUT2D eigenvalue weighted by atomic mass is 16.5. The zero-order valence-electron chi connectivity index (χ0n) is 11.8. The van der Waals surface area contributed by atoms with Crippen molar-refractivity contribution in [3.8, 4) is 5.75 Å². The molecule has 0 aliphatic heterocycles. The van der Waals surface area contributed by atoms with E-state index in [1.807, 2.05) is 6.92 Å². The van der Waals surface area contributed by atoms with E-state index in [9.17, 15) is 0 Å².